The van der Waals surface area contributed by atoms with Gasteiger partial charge in [0.2, 0.25) is 0 Å². The van der Waals surface area contributed by atoms with Crippen LogP contribution < -0.4 is 10.1 Å². The molecule has 0 aromatic heterocycles. The second-order valence-corrected chi connectivity index (χ2v) is 6.23. The molecule has 3 nitrogen and oxygen atoms in total. The highest BCUT2D eigenvalue weighted by Crippen LogP contribution is 2.40. The van der Waals surface area contributed by atoms with Crippen LogP contribution >= 0.6 is 12.4 Å². The second-order valence-electron chi connectivity index (χ2n) is 6.23. The van der Waals surface area contributed by atoms with Crippen LogP contribution in [0.4, 0.5) is 8.78 Å². The maximum atomic E-state index is 12.5. The van der Waals surface area contributed by atoms with Crippen molar-refractivity contribution < 1.29 is 13.5 Å². The van der Waals surface area contributed by atoms with E-state index in [-0.39, 0.29) is 18.2 Å². The molecule has 0 bridgehead atoms. The minimum Gasteiger partial charge on any atom is -0.435 e. The Hall–Kier alpha value is -0.910. The molecule has 3 rings (SSSR count). The van der Waals surface area contributed by atoms with Crippen molar-refractivity contribution in [1.29, 1.82) is 0 Å². The van der Waals surface area contributed by atoms with Crippen molar-refractivity contribution >= 4 is 12.4 Å². The van der Waals surface area contributed by atoms with Crippen molar-refractivity contribution in [3.8, 4) is 5.75 Å². The van der Waals surface area contributed by atoms with Crippen LogP contribution in [0, 0.1) is 5.92 Å². The molecular weight excluding hydrogens is 322 g/mol. The van der Waals surface area contributed by atoms with Crippen LogP contribution in [0.1, 0.15) is 37.3 Å². The van der Waals surface area contributed by atoms with Gasteiger partial charge in [-0.15, -0.1) is 12.4 Å². The monoisotopic (exact) mass is 346 g/mol. The number of nitrogens with zero attached hydrogens (tertiary/aromatic N) is 1. The van der Waals surface area contributed by atoms with E-state index in [0.717, 1.165) is 31.7 Å². The summed E-state index contributed by atoms with van der Waals surface area (Å²) in [5.41, 5.74) is 1.12. The van der Waals surface area contributed by atoms with E-state index >= 15 is 0 Å². The molecule has 0 spiro atoms. The van der Waals surface area contributed by atoms with Crippen LogP contribution in [-0.2, 0) is 0 Å². The summed E-state index contributed by atoms with van der Waals surface area (Å²) < 4.78 is 29.5. The molecule has 1 aromatic carbocycles. The molecule has 1 saturated heterocycles. The van der Waals surface area contributed by atoms with E-state index in [1.807, 2.05) is 6.07 Å². The van der Waals surface area contributed by atoms with Gasteiger partial charge in [-0.05, 0) is 36.5 Å². The number of hydrogen-bond donors (Lipinski definition) is 1. The zero-order valence-corrected chi connectivity index (χ0v) is 14.0. The lowest BCUT2D eigenvalue weighted by molar-refractivity contribution is -0.0499. The zero-order valence-electron chi connectivity index (χ0n) is 13.2. The van der Waals surface area contributed by atoms with Crippen LogP contribution in [0.15, 0.2) is 24.3 Å². The first kappa shape index (κ1) is 18.4. The number of benzene rings is 1. The number of alkyl halides is 2. The molecule has 1 aliphatic heterocycles. The van der Waals surface area contributed by atoms with E-state index < -0.39 is 6.61 Å². The summed E-state index contributed by atoms with van der Waals surface area (Å²) in [5.74, 6) is 0.894. The van der Waals surface area contributed by atoms with Gasteiger partial charge in [0.1, 0.15) is 5.75 Å². The zero-order chi connectivity index (χ0) is 15.4. The number of ether oxygens (including phenoxy) is 1. The maximum absolute atomic E-state index is 12.5. The molecule has 130 valence electrons. The van der Waals surface area contributed by atoms with E-state index in [2.05, 4.69) is 21.0 Å². The third kappa shape index (κ3) is 4.78. The molecule has 1 N–H and O–H groups in total. The fourth-order valence-corrected chi connectivity index (χ4v) is 3.89. The van der Waals surface area contributed by atoms with Gasteiger partial charge in [-0.2, -0.15) is 8.78 Å². The molecule has 6 heteroatoms. The van der Waals surface area contributed by atoms with Crippen LogP contribution in [0.3, 0.4) is 0 Å². The summed E-state index contributed by atoms with van der Waals surface area (Å²) >= 11 is 0. The molecule has 1 atom stereocenters. The first-order valence-electron chi connectivity index (χ1n) is 8.23. The summed E-state index contributed by atoms with van der Waals surface area (Å²) in [6.07, 6.45) is 5.02. The van der Waals surface area contributed by atoms with Crippen molar-refractivity contribution in [2.75, 3.05) is 26.2 Å². The van der Waals surface area contributed by atoms with E-state index in [9.17, 15) is 8.78 Å². The highest BCUT2D eigenvalue weighted by Gasteiger charge is 2.32. The summed E-state index contributed by atoms with van der Waals surface area (Å²) in [6, 6.07) is 7.63. The van der Waals surface area contributed by atoms with Gasteiger partial charge in [-0.1, -0.05) is 25.0 Å². The maximum Gasteiger partial charge on any atom is 0.387 e. The molecule has 0 unspecified atom stereocenters. The van der Waals surface area contributed by atoms with Gasteiger partial charge in [0.05, 0.1) is 0 Å². The molecule has 1 saturated carbocycles. The Labute approximate surface area is 142 Å². The summed E-state index contributed by atoms with van der Waals surface area (Å²) in [4.78, 5) is 2.51. The lowest BCUT2D eigenvalue weighted by Gasteiger charge is -2.38. The number of piperazine rings is 1. The van der Waals surface area contributed by atoms with Gasteiger partial charge in [0, 0.05) is 32.2 Å². The Morgan fingerprint density at radius 1 is 1.13 bits per heavy atom. The molecular formula is C17H25ClF2N2O. The van der Waals surface area contributed by atoms with Crippen LogP contribution in [-0.4, -0.2) is 37.7 Å². The molecule has 23 heavy (non-hydrogen) atoms. The first-order chi connectivity index (χ1) is 10.7. The number of halogens is 3. The van der Waals surface area contributed by atoms with Crippen molar-refractivity contribution in [2.24, 2.45) is 5.92 Å². The molecule has 0 amide bonds. The van der Waals surface area contributed by atoms with Crippen molar-refractivity contribution in [3.63, 3.8) is 0 Å². The Kier molecular flexibility index (Phi) is 7.06. The highest BCUT2D eigenvalue weighted by molar-refractivity contribution is 5.85. The van der Waals surface area contributed by atoms with Crippen molar-refractivity contribution in [2.45, 2.75) is 38.3 Å². The average Bonchev–Trinajstić information content (AvgIpc) is 3.02. The highest BCUT2D eigenvalue weighted by atomic mass is 35.5. The predicted octanol–water partition coefficient (Wildman–Crippen LogP) is 3.85. The number of nitrogens with one attached hydrogen (secondary N) is 1. The molecule has 1 aromatic rings. The SMILES string of the molecule is Cl.FC(F)Oc1cccc([C@H](C2CCCC2)N2CCNCC2)c1. The molecule has 2 fully saturated rings. The first-order valence-corrected chi connectivity index (χ1v) is 8.23. The van der Waals surface area contributed by atoms with Gasteiger partial charge in [-0.3, -0.25) is 4.90 Å². The minimum absolute atomic E-state index is 0. The fraction of sp³-hybridized carbons (Fsp3) is 0.647. The second kappa shape index (κ2) is 8.81. The van der Waals surface area contributed by atoms with Gasteiger partial charge < -0.3 is 10.1 Å². The Morgan fingerprint density at radius 2 is 1.83 bits per heavy atom. The van der Waals surface area contributed by atoms with E-state index in [4.69, 9.17) is 0 Å². The normalized spacial score (nSPS) is 21.2. The van der Waals surface area contributed by atoms with E-state index in [1.54, 1.807) is 12.1 Å². The van der Waals surface area contributed by atoms with Gasteiger partial charge in [0.25, 0.3) is 0 Å². The smallest absolute Gasteiger partial charge is 0.387 e. The summed E-state index contributed by atoms with van der Waals surface area (Å²) in [6.45, 7) is 1.26. The third-order valence-electron chi connectivity index (χ3n) is 4.82. The minimum atomic E-state index is -2.76. The van der Waals surface area contributed by atoms with Crippen LogP contribution in [0.25, 0.3) is 0 Å². The lowest BCUT2D eigenvalue weighted by atomic mass is 9.89. The van der Waals surface area contributed by atoms with Gasteiger partial charge in [-0.25, -0.2) is 0 Å². The quantitative estimate of drug-likeness (QED) is 0.876. The van der Waals surface area contributed by atoms with E-state index in [1.165, 1.54) is 25.7 Å². The average molecular weight is 347 g/mol. The van der Waals surface area contributed by atoms with Crippen LogP contribution in [0.5, 0.6) is 5.75 Å². The molecule has 0 radical (unpaired) electrons. The van der Waals surface area contributed by atoms with Crippen LogP contribution in [0.2, 0.25) is 0 Å². The Morgan fingerprint density at radius 3 is 2.48 bits per heavy atom. The lowest BCUT2D eigenvalue weighted by Crippen LogP contribution is -2.46. The topological polar surface area (TPSA) is 24.5 Å². The third-order valence-corrected chi connectivity index (χ3v) is 4.82. The Balaban J connectivity index is 0.00000192. The largest absolute Gasteiger partial charge is 0.435 e. The van der Waals surface area contributed by atoms with Crippen molar-refractivity contribution in [1.82, 2.24) is 10.2 Å². The number of hydrogen-bond acceptors (Lipinski definition) is 3. The fourth-order valence-electron chi connectivity index (χ4n) is 3.89. The summed E-state index contributed by atoms with van der Waals surface area (Å²) in [7, 11) is 0. The van der Waals surface area contributed by atoms with E-state index in [0.29, 0.717) is 12.0 Å². The van der Waals surface area contributed by atoms with Gasteiger partial charge in [0.15, 0.2) is 0 Å². The molecule has 2 aliphatic rings. The standard InChI is InChI=1S/C17H24F2N2O.ClH/c18-17(19)22-15-7-3-6-14(12-15)16(13-4-1-2-5-13)21-10-8-20-9-11-21;/h3,6-7,12-13,16-17,20H,1-2,4-5,8-11H2;1H/t16-;/m0./s1. The molecule has 1 aliphatic carbocycles. The summed E-state index contributed by atoms with van der Waals surface area (Å²) in [5, 5.41) is 3.38. The number of rotatable bonds is 5. The Bertz CT molecular complexity index is 477. The van der Waals surface area contributed by atoms with Crippen molar-refractivity contribution in [3.05, 3.63) is 29.8 Å². The van der Waals surface area contributed by atoms with Gasteiger partial charge >= 0.3 is 6.61 Å². The molecule has 1 heterocycles. The predicted molar refractivity (Wildman–Crippen MR) is 89.5 cm³/mol.